The fourth-order valence-electron chi connectivity index (χ4n) is 1.79. The molecule has 0 aliphatic carbocycles. The van der Waals surface area contributed by atoms with Gasteiger partial charge in [-0.2, -0.15) is 0 Å². The molecule has 2 aromatic carbocycles. The zero-order valence-corrected chi connectivity index (χ0v) is 11.1. The Labute approximate surface area is 119 Å². The van der Waals surface area contributed by atoms with Crippen molar-refractivity contribution in [2.24, 2.45) is 0 Å². The van der Waals surface area contributed by atoms with Crippen LogP contribution in [0.4, 0.5) is 20.2 Å². The Hall–Kier alpha value is -2.70. The van der Waals surface area contributed by atoms with Crippen molar-refractivity contribution < 1.29 is 18.4 Å². The number of nitro groups is 1. The van der Waals surface area contributed by atoms with Gasteiger partial charge in [0, 0.05) is 6.54 Å². The van der Waals surface area contributed by atoms with E-state index in [1.165, 1.54) is 25.3 Å². The van der Waals surface area contributed by atoms with Crippen molar-refractivity contribution in [2.75, 3.05) is 12.4 Å². The average molecular weight is 294 g/mol. The standard InChI is InChI=1S/C14H12F2N2O3/c1-21-10-3-5-13(14(7-10)18(19)20)17-8-9-2-4-11(15)12(16)6-9/h2-7,17H,8H2,1H3. The van der Waals surface area contributed by atoms with Crippen molar-refractivity contribution in [1.82, 2.24) is 0 Å². The minimum Gasteiger partial charge on any atom is -0.496 e. The summed E-state index contributed by atoms with van der Waals surface area (Å²) in [4.78, 5) is 10.5. The molecule has 0 bridgehead atoms. The second kappa shape index (κ2) is 6.17. The van der Waals surface area contributed by atoms with Crippen molar-refractivity contribution in [1.29, 1.82) is 0 Å². The Morgan fingerprint density at radius 1 is 1.19 bits per heavy atom. The van der Waals surface area contributed by atoms with Crippen molar-refractivity contribution in [2.45, 2.75) is 6.54 Å². The van der Waals surface area contributed by atoms with Crippen molar-refractivity contribution in [3.63, 3.8) is 0 Å². The Bertz CT molecular complexity index is 677. The van der Waals surface area contributed by atoms with Crippen LogP contribution < -0.4 is 10.1 Å². The van der Waals surface area contributed by atoms with Crippen LogP contribution in [0.5, 0.6) is 5.75 Å². The van der Waals surface area contributed by atoms with E-state index in [1.54, 1.807) is 6.07 Å². The van der Waals surface area contributed by atoms with Crippen LogP contribution >= 0.6 is 0 Å². The maximum atomic E-state index is 13.1. The van der Waals surface area contributed by atoms with Gasteiger partial charge in [0.25, 0.3) is 5.69 Å². The molecule has 2 rings (SSSR count). The maximum absolute atomic E-state index is 13.1. The van der Waals surface area contributed by atoms with E-state index in [9.17, 15) is 18.9 Å². The van der Waals surface area contributed by atoms with E-state index < -0.39 is 16.6 Å². The fourth-order valence-corrected chi connectivity index (χ4v) is 1.79. The van der Waals surface area contributed by atoms with Crippen LogP contribution in [0.3, 0.4) is 0 Å². The zero-order valence-electron chi connectivity index (χ0n) is 11.1. The number of ether oxygens (including phenoxy) is 1. The third-order valence-electron chi connectivity index (χ3n) is 2.87. The van der Waals surface area contributed by atoms with Crippen molar-refractivity contribution >= 4 is 11.4 Å². The van der Waals surface area contributed by atoms with Crippen molar-refractivity contribution in [3.8, 4) is 5.75 Å². The lowest BCUT2D eigenvalue weighted by atomic mass is 10.2. The summed E-state index contributed by atoms with van der Waals surface area (Å²) in [5.41, 5.74) is 0.585. The summed E-state index contributed by atoms with van der Waals surface area (Å²) in [7, 11) is 1.41. The summed E-state index contributed by atoms with van der Waals surface area (Å²) >= 11 is 0. The molecule has 0 unspecified atom stereocenters. The number of nitrogens with zero attached hydrogens (tertiary/aromatic N) is 1. The molecule has 0 radical (unpaired) electrons. The van der Waals surface area contributed by atoms with Gasteiger partial charge in [0.15, 0.2) is 11.6 Å². The largest absolute Gasteiger partial charge is 0.496 e. The number of halogens is 2. The molecule has 0 spiro atoms. The predicted molar refractivity (Wildman–Crippen MR) is 73.3 cm³/mol. The van der Waals surface area contributed by atoms with Crippen LogP contribution in [0.1, 0.15) is 5.56 Å². The molecule has 0 aromatic heterocycles. The molecule has 0 aliphatic rings. The van der Waals surface area contributed by atoms with Gasteiger partial charge in [0.05, 0.1) is 18.1 Å². The number of hydrogen-bond acceptors (Lipinski definition) is 4. The summed E-state index contributed by atoms with van der Waals surface area (Å²) in [5.74, 6) is -1.53. The minimum absolute atomic E-state index is 0.129. The first-order valence-corrected chi connectivity index (χ1v) is 6.01. The highest BCUT2D eigenvalue weighted by Crippen LogP contribution is 2.29. The molecule has 1 N–H and O–H groups in total. The smallest absolute Gasteiger partial charge is 0.296 e. The van der Waals surface area contributed by atoms with Gasteiger partial charge in [-0.05, 0) is 29.8 Å². The van der Waals surface area contributed by atoms with Crippen LogP contribution in [0.2, 0.25) is 0 Å². The third kappa shape index (κ3) is 3.44. The number of nitrogens with one attached hydrogen (secondary N) is 1. The van der Waals surface area contributed by atoms with E-state index in [0.29, 0.717) is 11.3 Å². The number of nitro benzene ring substituents is 1. The lowest BCUT2D eigenvalue weighted by molar-refractivity contribution is -0.384. The molecule has 21 heavy (non-hydrogen) atoms. The zero-order chi connectivity index (χ0) is 15.4. The quantitative estimate of drug-likeness (QED) is 0.677. The second-order valence-corrected chi connectivity index (χ2v) is 4.24. The molecular formula is C14H12F2N2O3. The first kappa shape index (κ1) is 14.7. The Kier molecular flexibility index (Phi) is 4.32. The Morgan fingerprint density at radius 2 is 1.95 bits per heavy atom. The van der Waals surface area contributed by atoms with E-state index in [1.807, 2.05) is 0 Å². The fraction of sp³-hybridized carbons (Fsp3) is 0.143. The molecule has 7 heteroatoms. The van der Waals surface area contributed by atoms with Crippen LogP contribution in [-0.4, -0.2) is 12.0 Å². The van der Waals surface area contributed by atoms with Gasteiger partial charge in [0.1, 0.15) is 11.4 Å². The molecule has 110 valence electrons. The van der Waals surface area contributed by atoms with E-state index >= 15 is 0 Å². The van der Waals surface area contributed by atoms with Gasteiger partial charge in [0.2, 0.25) is 0 Å². The molecule has 0 amide bonds. The van der Waals surface area contributed by atoms with E-state index in [4.69, 9.17) is 4.74 Å². The molecular weight excluding hydrogens is 282 g/mol. The lowest BCUT2D eigenvalue weighted by Gasteiger charge is -2.09. The molecule has 2 aromatic rings. The van der Waals surface area contributed by atoms with E-state index in [0.717, 1.165) is 12.1 Å². The topological polar surface area (TPSA) is 64.4 Å². The number of anilines is 1. The molecule has 0 saturated heterocycles. The number of hydrogen-bond donors (Lipinski definition) is 1. The van der Waals surface area contributed by atoms with Gasteiger partial charge < -0.3 is 10.1 Å². The SMILES string of the molecule is COc1ccc(NCc2ccc(F)c(F)c2)c([N+](=O)[O-])c1. The van der Waals surface area contributed by atoms with Crippen LogP contribution in [0.15, 0.2) is 36.4 Å². The molecule has 0 atom stereocenters. The highest BCUT2D eigenvalue weighted by molar-refractivity contribution is 5.64. The van der Waals surface area contributed by atoms with E-state index in [2.05, 4.69) is 5.32 Å². The monoisotopic (exact) mass is 294 g/mol. The average Bonchev–Trinajstić information content (AvgIpc) is 2.48. The normalized spacial score (nSPS) is 10.2. The van der Waals surface area contributed by atoms with Gasteiger partial charge in [-0.1, -0.05) is 6.07 Å². The van der Waals surface area contributed by atoms with E-state index in [-0.39, 0.29) is 17.9 Å². The second-order valence-electron chi connectivity index (χ2n) is 4.24. The van der Waals surface area contributed by atoms with Crippen LogP contribution in [0.25, 0.3) is 0 Å². The summed E-state index contributed by atoms with van der Waals surface area (Å²) in [5, 5.41) is 13.8. The Balaban J connectivity index is 2.19. The minimum atomic E-state index is -0.960. The Morgan fingerprint density at radius 3 is 2.57 bits per heavy atom. The maximum Gasteiger partial charge on any atom is 0.296 e. The first-order chi connectivity index (χ1) is 10.0. The van der Waals surface area contributed by atoms with Gasteiger partial charge in [-0.25, -0.2) is 8.78 Å². The van der Waals surface area contributed by atoms with Crippen LogP contribution in [0, 0.1) is 21.7 Å². The summed E-state index contributed by atoms with van der Waals surface area (Å²) in [6, 6.07) is 7.80. The molecule has 0 saturated carbocycles. The van der Waals surface area contributed by atoms with Gasteiger partial charge in [-0.15, -0.1) is 0 Å². The predicted octanol–water partition coefficient (Wildman–Crippen LogP) is 3.49. The lowest BCUT2D eigenvalue weighted by Crippen LogP contribution is -2.03. The molecule has 0 aliphatic heterocycles. The molecule has 0 heterocycles. The molecule has 5 nitrogen and oxygen atoms in total. The van der Waals surface area contributed by atoms with Crippen LogP contribution in [-0.2, 0) is 6.54 Å². The highest BCUT2D eigenvalue weighted by atomic mass is 19.2. The summed E-state index contributed by atoms with van der Waals surface area (Å²) < 4.78 is 30.8. The van der Waals surface area contributed by atoms with Gasteiger partial charge >= 0.3 is 0 Å². The first-order valence-electron chi connectivity index (χ1n) is 6.01. The molecule has 0 fully saturated rings. The number of methoxy groups -OCH3 is 1. The number of rotatable bonds is 5. The highest BCUT2D eigenvalue weighted by Gasteiger charge is 2.15. The number of benzene rings is 2. The third-order valence-corrected chi connectivity index (χ3v) is 2.87. The summed E-state index contributed by atoms with van der Waals surface area (Å²) in [6.45, 7) is 0.129. The summed E-state index contributed by atoms with van der Waals surface area (Å²) in [6.07, 6.45) is 0. The van der Waals surface area contributed by atoms with Crippen molar-refractivity contribution in [3.05, 3.63) is 63.7 Å². The van der Waals surface area contributed by atoms with Gasteiger partial charge in [-0.3, -0.25) is 10.1 Å².